The third-order valence-electron chi connectivity index (χ3n) is 1.60. The van der Waals surface area contributed by atoms with Gasteiger partial charge in [-0.1, -0.05) is 6.58 Å². The van der Waals surface area contributed by atoms with Crippen LogP contribution in [0, 0.1) is 0 Å². The van der Waals surface area contributed by atoms with Crippen molar-refractivity contribution >= 4 is 5.97 Å². The van der Waals surface area contributed by atoms with E-state index >= 15 is 0 Å². The van der Waals surface area contributed by atoms with Gasteiger partial charge in [0.1, 0.15) is 6.61 Å². The van der Waals surface area contributed by atoms with Crippen molar-refractivity contribution in [1.82, 2.24) is 0 Å². The smallest absolute Gasteiger partial charge is 0.330 e. The Morgan fingerprint density at radius 2 is 2.64 bits per heavy atom. The van der Waals surface area contributed by atoms with E-state index < -0.39 is 0 Å². The zero-order chi connectivity index (χ0) is 8.10. The normalized spacial score (nSPS) is 23.1. The molecule has 1 heterocycles. The minimum atomic E-state index is -0.375. The molecule has 3 heteroatoms. The van der Waals surface area contributed by atoms with Gasteiger partial charge in [0, 0.05) is 12.7 Å². The van der Waals surface area contributed by atoms with Crippen LogP contribution in [0.1, 0.15) is 12.8 Å². The molecule has 1 aliphatic rings. The summed E-state index contributed by atoms with van der Waals surface area (Å²) in [4.78, 5) is 10.6. The summed E-state index contributed by atoms with van der Waals surface area (Å²) in [6.45, 7) is 4.44. The fourth-order valence-corrected chi connectivity index (χ4v) is 1.01. The average molecular weight is 156 g/mol. The highest BCUT2D eigenvalue weighted by atomic mass is 16.6. The van der Waals surface area contributed by atoms with Crippen molar-refractivity contribution in [3.63, 3.8) is 0 Å². The molecule has 1 rings (SSSR count). The highest BCUT2D eigenvalue weighted by Gasteiger charge is 2.16. The van der Waals surface area contributed by atoms with Gasteiger partial charge in [-0.05, 0) is 12.8 Å². The summed E-state index contributed by atoms with van der Waals surface area (Å²) in [5.41, 5.74) is 0. The van der Waals surface area contributed by atoms with Gasteiger partial charge >= 0.3 is 5.97 Å². The van der Waals surface area contributed by atoms with Crippen LogP contribution in [0.3, 0.4) is 0 Å². The Balaban J connectivity index is 2.10. The third-order valence-corrected chi connectivity index (χ3v) is 1.60. The lowest BCUT2D eigenvalue weighted by atomic mass is 10.2. The lowest BCUT2D eigenvalue weighted by molar-refractivity contribution is -0.140. The molecule has 62 valence electrons. The quantitative estimate of drug-likeness (QED) is 0.449. The Kier molecular flexibility index (Phi) is 3.11. The summed E-state index contributed by atoms with van der Waals surface area (Å²) in [6, 6.07) is 0. The summed E-state index contributed by atoms with van der Waals surface area (Å²) in [5.74, 6) is -0.375. The molecule has 11 heavy (non-hydrogen) atoms. The predicted octanol–water partition coefficient (Wildman–Crippen LogP) is 0.895. The van der Waals surface area contributed by atoms with Crippen LogP contribution in [-0.2, 0) is 14.3 Å². The zero-order valence-corrected chi connectivity index (χ0v) is 6.41. The van der Waals surface area contributed by atoms with E-state index in [4.69, 9.17) is 9.47 Å². The lowest BCUT2D eigenvalue weighted by Crippen LogP contribution is -2.16. The molecule has 0 unspecified atom stereocenters. The molecule has 1 saturated heterocycles. The van der Waals surface area contributed by atoms with Gasteiger partial charge in [0.2, 0.25) is 0 Å². The molecule has 1 aliphatic heterocycles. The fraction of sp³-hybridized carbons (Fsp3) is 0.625. The number of esters is 1. The molecule has 0 spiro atoms. The van der Waals surface area contributed by atoms with Gasteiger partial charge < -0.3 is 9.47 Å². The summed E-state index contributed by atoms with van der Waals surface area (Å²) in [5, 5.41) is 0. The van der Waals surface area contributed by atoms with Crippen LogP contribution in [0.4, 0.5) is 0 Å². The van der Waals surface area contributed by atoms with E-state index in [2.05, 4.69) is 6.58 Å². The Morgan fingerprint density at radius 3 is 3.18 bits per heavy atom. The van der Waals surface area contributed by atoms with Gasteiger partial charge in [-0.3, -0.25) is 0 Å². The first-order valence-electron chi connectivity index (χ1n) is 3.73. The monoisotopic (exact) mass is 156 g/mol. The van der Waals surface area contributed by atoms with E-state index in [-0.39, 0.29) is 12.1 Å². The van der Waals surface area contributed by atoms with Crippen molar-refractivity contribution in [3.8, 4) is 0 Å². The summed E-state index contributed by atoms with van der Waals surface area (Å²) in [6.07, 6.45) is 3.33. The first-order valence-corrected chi connectivity index (χ1v) is 3.73. The van der Waals surface area contributed by atoms with Crippen LogP contribution in [0.2, 0.25) is 0 Å². The van der Waals surface area contributed by atoms with E-state index in [9.17, 15) is 4.79 Å². The van der Waals surface area contributed by atoms with Gasteiger partial charge in [0.25, 0.3) is 0 Å². The summed E-state index contributed by atoms with van der Waals surface area (Å²) >= 11 is 0. The molecule has 0 saturated carbocycles. The highest BCUT2D eigenvalue weighted by Crippen LogP contribution is 2.11. The standard InChI is InChI=1S/C8H12O3/c1-2-8(9)11-6-7-4-3-5-10-7/h2,7H,1,3-6H2/t7-/m0/s1. The van der Waals surface area contributed by atoms with Crippen molar-refractivity contribution in [2.75, 3.05) is 13.2 Å². The maximum Gasteiger partial charge on any atom is 0.330 e. The number of carbonyl (C=O) groups is 1. The molecule has 0 amide bonds. The molecule has 0 aliphatic carbocycles. The Morgan fingerprint density at radius 1 is 1.82 bits per heavy atom. The maximum atomic E-state index is 10.6. The zero-order valence-electron chi connectivity index (χ0n) is 6.41. The van der Waals surface area contributed by atoms with Crippen molar-refractivity contribution < 1.29 is 14.3 Å². The molecule has 0 bridgehead atoms. The second-order valence-electron chi connectivity index (χ2n) is 2.47. The van der Waals surface area contributed by atoms with Crippen LogP contribution in [0.25, 0.3) is 0 Å². The first kappa shape index (κ1) is 8.27. The van der Waals surface area contributed by atoms with Crippen molar-refractivity contribution in [2.45, 2.75) is 18.9 Å². The Bertz CT molecular complexity index is 147. The van der Waals surface area contributed by atoms with Crippen LogP contribution in [0.5, 0.6) is 0 Å². The maximum absolute atomic E-state index is 10.6. The van der Waals surface area contributed by atoms with E-state index in [0.29, 0.717) is 6.61 Å². The van der Waals surface area contributed by atoms with Crippen molar-refractivity contribution in [3.05, 3.63) is 12.7 Å². The van der Waals surface area contributed by atoms with Gasteiger partial charge in [0.05, 0.1) is 6.10 Å². The van der Waals surface area contributed by atoms with Crippen molar-refractivity contribution in [1.29, 1.82) is 0 Å². The van der Waals surface area contributed by atoms with E-state index in [1.54, 1.807) is 0 Å². The SMILES string of the molecule is C=CC(=O)OC[C@@H]1CCCO1. The molecule has 0 N–H and O–H groups in total. The molecule has 0 aromatic carbocycles. The Labute approximate surface area is 66.0 Å². The van der Waals surface area contributed by atoms with E-state index in [1.807, 2.05) is 0 Å². The largest absolute Gasteiger partial charge is 0.460 e. The van der Waals surface area contributed by atoms with Gasteiger partial charge in [0.15, 0.2) is 0 Å². The molecule has 1 atom stereocenters. The topological polar surface area (TPSA) is 35.5 Å². The van der Waals surface area contributed by atoms with Gasteiger partial charge in [-0.2, -0.15) is 0 Å². The first-order chi connectivity index (χ1) is 5.33. The summed E-state index contributed by atoms with van der Waals surface area (Å²) < 4.78 is 10.0. The molecule has 1 fully saturated rings. The van der Waals surface area contributed by atoms with Crippen LogP contribution >= 0.6 is 0 Å². The molecule has 3 nitrogen and oxygen atoms in total. The van der Waals surface area contributed by atoms with Gasteiger partial charge in [-0.15, -0.1) is 0 Å². The van der Waals surface area contributed by atoms with Crippen molar-refractivity contribution in [2.24, 2.45) is 0 Å². The average Bonchev–Trinajstić information content (AvgIpc) is 2.52. The van der Waals surface area contributed by atoms with E-state index in [0.717, 1.165) is 25.5 Å². The number of hydrogen-bond donors (Lipinski definition) is 0. The highest BCUT2D eigenvalue weighted by molar-refractivity contribution is 5.81. The second-order valence-corrected chi connectivity index (χ2v) is 2.47. The van der Waals surface area contributed by atoms with Crippen LogP contribution in [0.15, 0.2) is 12.7 Å². The number of carbonyl (C=O) groups excluding carboxylic acids is 1. The van der Waals surface area contributed by atoms with Gasteiger partial charge in [-0.25, -0.2) is 4.79 Å². The minimum Gasteiger partial charge on any atom is -0.460 e. The predicted molar refractivity (Wildman–Crippen MR) is 40.1 cm³/mol. The summed E-state index contributed by atoms with van der Waals surface area (Å²) in [7, 11) is 0. The molecule has 0 radical (unpaired) electrons. The minimum absolute atomic E-state index is 0.110. The fourth-order valence-electron chi connectivity index (χ4n) is 1.01. The van der Waals surface area contributed by atoms with E-state index in [1.165, 1.54) is 0 Å². The Hall–Kier alpha value is -0.830. The molecular weight excluding hydrogens is 144 g/mol. The molecular formula is C8H12O3. The lowest BCUT2D eigenvalue weighted by Gasteiger charge is -2.07. The molecule has 0 aromatic heterocycles. The third kappa shape index (κ3) is 2.72. The van der Waals surface area contributed by atoms with Crippen LogP contribution < -0.4 is 0 Å². The van der Waals surface area contributed by atoms with Crippen LogP contribution in [-0.4, -0.2) is 25.3 Å². The number of rotatable bonds is 3. The second kappa shape index (κ2) is 4.13. The molecule has 0 aromatic rings. The number of hydrogen-bond acceptors (Lipinski definition) is 3. The number of ether oxygens (including phenoxy) is 2.